The summed E-state index contributed by atoms with van der Waals surface area (Å²) in [4.78, 5) is 24.4. The molecule has 1 aliphatic heterocycles. The van der Waals surface area contributed by atoms with E-state index in [1.54, 1.807) is 24.3 Å². The van der Waals surface area contributed by atoms with E-state index < -0.39 is 21.8 Å². The molecule has 2 aromatic rings. The Labute approximate surface area is 156 Å². The molecule has 2 aromatic carbocycles. The average Bonchev–Trinajstić information content (AvgIpc) is 2.57. The normalized spacial score (nSPS) is 16.2. The van der Waals surface area contributed by atoms with Gasteiger partial charge in [-0.15, -0.1) is 0 Å². The monoisotopic (exact) mass is 391 g/mol. The lowest BCUT2D eigenvalue weighted by Crippen LogP contribution is -2.34. The van der Waals surface area contributed by atoms with Crippen molar-refractivity contribution in [1.82, 2.24) is 5.32 Å². The van der Waals surface area contributed by atoms with Crippen molar-refractivity contribution in [3.05, 3.63) is 59.4 Å². The van der Waals surface area contributed by atoms with Crippen LogP contribution in [0.25, 0.3) is 0 Å². The number of anilines is 2. The van der Waals surface area contributed by atoms with E-state index in [0.29, 0.717) is 22.5 Å². The number of sulfonamides is 1. The Morgan fingerprint density at radius 3 is 2.78 bits per heavy atom. The van der Waals surface area contributed by atoms with Crippen LogP contribution in [0.3, 0.4) is 0 Å². The number of halogens is 1. The Hall–Kier alpha value is -2.94. The van der Waals surface area contributed by atoms with Crippen LogP contribution in [0, 0.1) is 5.82 Å². The van der Waals surface area contributed by atoms with Gasteiger partial charge in [0.1, 0.15) is 5.82 Å². The van der Waals surface area contributed by atoms with Crippen LogP contribution in [-0.2, 0) is 26.2 Å². The van der Waals surface area contributed by atoms with Gasteiger partial charge >= 0.3 is 0 Å². The lowest BCUT2D eigenvalue weighted by atomic mass is 9.89. The lowest BCUT2D eigenvalue weighted by Gasteiger charge is -2.25. The summed E-state index contributed by atoms with van der Waals surface area (Å²) in [5.41, 5.74) is 1.94. The van der Waals surface area contributed by atoms with Crippen LogP contribution >= 0.6 is 0 Å². The average molecular weight is 391 g/mol. The van der Waals surface area contributed by atoms with Gasteiger partial charge in [0, 0.05) is 24.3 Å². The fourth-order valence-electron chi connectivity index (χ4n) is 2.94. The number of fused-ring (bicyclic) bond motifs is 1. The van der Waals surface area contributed by atoms with Crippen LogP contribution in [0.1, 0.15) is 23.5 Å². The quantitative estimate of drug-likeness (QED) is 0.724. The fraction of sp³-hybridized carbons (Fsp3) is 0.222. The molecule has 0 fully saturated rings. The van der Waals surface area contributed by atoms with Gasteiger partial charge in [-0.05, 0) is 35.4 Å². The molecule has 3 N–H and O–H groups in total. The molecular weight excluding hydrogens is 373 g/mol. The maximum atomic E-state index is 13.4. The lowest BCUT2D eigenvalue weighted by molar-refractivity contribution is -0.126. The van der Waals surface area contributed by atoms with E-state index >= 15 is 0 Å². The molecule has 0 saturated carbocycles. The highest BCUT2D eigenvalue weighted by atomic mass is 32.2. The number of amides is 2. The number of benzene rings is 2. The van der Waals surface area contributed by atoms with Crippen LogP contribution in [-0.4, -0.2) is 26.5 Å². The minimum absolute atomic E-state index is 0.0276. The molecule has 0 saturated heterocycles. The number of carbonyl (C=O) groups excluding carboxylic acids is 2. The second kappa shape index (κ2) is 7.36. The minimum Gasteiger partial charge on any atom is -0.351 e. The van der Waals surface area contributed by atoms with Gasteiger partial charge in [-0.1, -0.05) is 18.2 Å². The van der Waals surface area contributed by atoms with Crippen LogP contribution in [0.4, 0.5) is 15.8 Å². The van der Waals surface area contributed by atoms with E-state index in [0.717, 1.165) is 6.26 Å². The zero-order valence-electron chi connectivity index (χ0n) is 14.5. The molecule has 1 atom stereocenters. The molecule has 3 rings (SSSR count). The predicted molar refractivity (Wildman–Crippen MR) is 99.1 cm³/mol. The zero-order valence-corrected chi connectivity index (χ0v) is 15.3. The summed E-state index contributed by atoms with van der Waals surface area (Å²) in [6.45, 7) is 0.159. The second-order valence-electron chi connectivity index (χ2n) is 6.33. The molecule has 1 aliphatic rings. The number of carbonyl (C=O) groups is 2. The van der Waals surface area contributed by atoms with E-state index in [1.165, 1.54) is 18.2 Å². The molecule has 142 valence electrons. The highest BCUT2D eigenvalue weighted by Crippen LogP contribution is 2.32. The summed E-state index contributed by atoms with van der Waals surface area (Å²) < 4.78 is 38.4. The second-order valence-corrected chi connectivity index (χ2v) is 8.08. The highest BCUT2D eigenvalue weighted by molar-refractivity contribution is 7.92. The van der Waals surface area contributed by atoms with Gasteiger partial charge in [0.25, 0.3) is 0 Å². The Balaban J connectivity index is 1.72. The molecule has 7 nitrogen and oxygen atoms in total. The summed E-state index contributed by atoms with van der Waals surface area (Å²) in [6.07, 6.45) is 1.02. The van der Waals surface area contributed by atoms with Crippen LogP contribution in [0.5, 0.6) is 0 Å². The first kappa shape index (κ1) is 18.8. The van der Waals surface area contributed by atoms with Crippen molar-refractivity contribution in [3.63, 3.8) is 0 Å². The minimum atomic E-state index is -3.40. The topological polar surface area (TPSA) is 104 Å². The number of nitrogens with one attached hydrogen (secondary N) is 3. The van der Waals surface area contributed by atoms with Crippen molar-refractivity contribution < 1.29 is 22.4 Å². The third-order valence-corrected chi connectivity index (χ3v) is 4.67. The maximum absolute atomic E-state index is 13.4. The number of hydrogen-bond acceptors (Lipinski definition) is 4. The van der Waals surface area contributed by atoms with Crippen LogP contribution in [0.2, 0.25) is 0 Å². The van der Waals surface area contributed by atoms with Crippen molar-refractivity contribution >= 4 is 33.2 Å². The SMILES string of the molecule is CS(=O)(=O)Nc1cccc(CNC(=O)[C@@H]2CC(=O)Nc3cc(F)ccc32)c1. The van der Waals surface area contributed by atoms with Crippen LogP contribution < -0.4 is 15.4 Å². The Bertz CT molecular complexity index is 1010. The summed E-state index contributed by atoms with van der Waals surface area (Å²) in [7, 11) is -3.40. The molecule has 9 heteroatoms. The van der Waals surface area contributed by atoms with Crippen molar-refractivity contribution in [3.8, 4) is 0 Å². The van der Waals surface area contributed by atoms with Crippen molar-refractivity contribution in [1.29, 1.82) is 0 Å². The molecule has 0 unspecified atom stereocenters. The van der Waals surface area contributed by atoms with Crippen molar-refractivity contribution in [2.75, 3.05) is 16.3 Å². The van der Waals surface area contributed by atoms with Gasteiger partial charge in [0.05, 0.1) is 12.2 Å². The van der Waals surface area contributed by atoms with E-state index in [1.807, 2.05) is 0 Å². The van der Waals surface area contributed by atoms with Gasteiger partial charge in [0.2, 0.25) is 21.8 Å². The fourth-order valence-corrected chi connectivity index (χ4v) is 3.50. The first-order chi connectivity index (χ1) is 12.7. The van der Waals surface area contributed by atoms with Crippen molar-refractivity contribution in [2.24, 2.45) is 0 Å². The van der Waals surface area contributed by atoms with Gasteiger partial charge in [-0.25, -0.2) is 12.8 Å². The molecule has 0 bridgehead atoms. The summed E-state index contributed by atoms with van der Waals surface area (Å²) in [5, 5.41) is 5.31. The van der Waals surface area contributed by atoms with Gasteiger partial charge in [-0.2, -0.15) is 0 Å². The third-order valence-electron chi connectivity index (χ3n) is 4.07. The summed E-state index contributed by atoms with van der Waals surface area (Å²) >= 11 is 0. The molecule has 2 amide bonds. The molecular formula is C18H18FN3O4S. The molecule has 1 heterocycles. The number of hydrogen-bond donors (Lipinski definition) is 3. The maximum Gasteiger partial charge on any atom is 0.229 e. The van der Waals surface area contributed by atoms with E-state index in [2.05, 4.69) is 15.4 Å². The third kappa shape index (κ3) is 4.82. The summed E-state index contributed by atoms with van der Waals surface area (Å²) in [5.74, 6) is -1.93. The van der Waals surface area contributed by atoms with E-state index in [-0.39, 0.29) is 24.8 Å². The summed E-state index contributed by atoms with van der Waals surface area (Å²) in [6, 6.07) is 10.5. The molecule has 0 aliphatic carbocycles. The standard InChI is InChI=1S/C18H18FN3O4S/c1-27(25,26)22-13-4-2-3-11(7-13)10-20-18(24)15-9-17(23)21-16-8-12(19)5-6-14(15)16/h2-8,15,22H,9-10H2,1H3,(H,20,24)(H,21,23)/t15-/m1/s1. The smallest absolute Gasteiger partial charge is 0.229 e. The van der Waals surface area contributed by atoms with E-state index in [9.17, 15) is 22.4 Å². The first-order valence-corrected chi connectivity index (χ1v) is 10.0. The van der Waals surface area contributed by atoms with Crippen LogP contribution in [0.15, 0.2) is 42.5 Å². The largest absolute Gasteiger partial charge is 0.351 e. The Kier molecular flexibility index (Phi) is 5.13. The number of rotatable bonds is 5. The molecule has 27 heavy (non-hydrogen) atoms. The highest BCUT2D eigenvalue weighted by Gasteiger charge is 2.30. The first-order valence-electron chi connectivity index (χ1n) is 8.15. The zero-order chi connectivity index (χ0) is 19.6. The molecule has 0 radical (unpaired) electrons. The Morgan fingerprint density at radius 2 is 2.04 bits per heavy atom. The van der Waals surface area contributed by atoms with Gasteiger partial charge in [0.15, 0.2) is 0 Å². The molecule has 0 aromatic heterocycles. The molecule has 0 spiro atoms. The predicted octanol–water partition coefficient (Wildman–Crippen LogP) is 1.94. The van der Waals surface area contributed by atoms with Gasteiger partial charge in [-0.3, -0.25) is 14.3 Å². The Morgan fingerprint density at radius 1 is 1.26 bits per heavy atom. The van der Waals surface area contributed by atoms with Gasteiger partial charge < -0.3 is 10.6 Å². The van der Waals surface area contributed by atoms with E-state index in [4.69, 9.17) is 0 Å². The van der Waals surface area contributed by atoms with Crippen molar-refractivity contribution in [2.45, 2.75) is 18.9 Å².